The Balaban J connectivity index is 1.76. The van der Waals surface area contributed by atoms with Gasteiger partial charge in [-0.1, -0.05) is 29.5 Å². The van der Waals surface area contributed by atoms with Crippen molar-refractivity contribution in [3.63, 3.8) is 0 Å². The molecule has 3 aromatic rings. The molecule has 0 unspecified atom stereocenters. The Bertz CT molecular complexity index is 889. The van der Waals surface area contributed by atoms with Gasteiger partial charge in [0.05, 0.1) is 30.9 Å². The lowest BCUT2D eigenvalue weighted by atomic mass is 10.1. The van der Waals surface area contributed by atoms with E-state index in [4.69, 9.17) is 9.47 Å². The van der Waals surface area contributed by atoms with E-state index in [1.807, 2.05) is 37.3 Å². The van der Waals surface area contributed by atoms with E-state index in [1.165, 1.54) is 11.3 Å². The predicted octanol–water partition coefficient (Wildman–Crippen LogP) is 3.80. The molecular weight excluding hydrogens is 324 g/mol. The third-order valence-corrected chi connectivity index (χ3v) is 4.65. The topological polar surface area (TPSA) is 60.5 Å². The number of benzene rings is 2. The molecule has 0 bridgehead atoms. The number of nitrogens with one attached hydrogen (secondary N) is 1. The summed E-state index contributed by atoms with van der Waals surface area (Å²) in [7, 11) is 3.17. The van der Waals surface area contributed by atoms with Crippen molar-refractivity contribution in [2.24, 2.45) is 0 Å². The quantitative estimate of drug-likeness (QED) is 0.766. The van der Waals surface area contributed by atoms with Gasteiger partial charge in [0.25, 0.3) is 0 Å². The van der Waals surface area contributed by atoms with Gasteiger partial charge in [-0.05, 0) is 24.6 Å². The van der Waals surface area contributed by atoms with E-state index < -0.39 is 0 Å². The molecule has 0 aliphatic rings. The summed E-state index contributed by atoms with van der Waals surface area (Å²) >= 11 is 1.47. The monoisotopic (exact) mass is 342 g/mol. The number of nitrogens with zero attached hydrogens (tertiary/aromatic N) is 1. The maximum absolute atomic E-state index is 12.3. The number of thiazole rings is 1. The first-order valence-corrected chi connectivity index (χ1v) is 8.29. The SMILES string of the molecule is COc1ccc(CC(=O)Nc2nc3c(C)cccc3s2)c(OC)c1. The lowest BCUT2D eigenvalue weighted by Gasteiger charge is -2.10. The van der Waals surface area contributed by atoms with Crippen LogP contribution in [-0.4, -0.2) is 25.1 Å². The molecule has 0 aliphatic heterocycles. The van der Waals surface area contributed by atoms with Gasteiger partial charge in [-0.2, -0.15) is 0 Å². The summed E-state index contributed by atoms with van der Waals surface area (Å²) in [5.41, 5.74) is 2.83. The van der Waals surface area contributed by atoms with Crippen LogP contribution in [0.15, 0.2) is 36.4 Å². The van der Waals surface area contributed by atoms with Gasteiger partial charge >= 0.3 is 0 Å². The molecule has 1 aromatic heterocycles. The fraction of sp³-hybridized carbons (Fsp3) is 0.222. The van der Waals surface area contributed by atoms with Crippen molar-refractivity contribution >= 4 is 32.6 Å². The smallest absolute Gasteiger partial charge is 0.230 e. The second-order valence-electron chi connectivity index (χ2n) is 5.34. The number of carbonyl (C=O) groups is 1. The molecule has 1 N–H and O–H groups in total. The number of aromatic nitrogens is 1. The lowest BCUT2D eigenvalue weighted by molar-refractivity contribution is -0.115. The highest BCUT2D eigenvalue weighted by molar-refractivity contribution is 7.22. The van der Waals surface area contributed by atoms with Crippen LogP contribution in [0, 0.1) is 6.92 Å². The Kier molecular flexibility index (Phi) is 4.66. The van der Waals surface area contributed by atoms with Gasteiger partial charge in [-0.3, -0.25) is 4.79 Å². The van der Waals surface area contributed by atoms with Crippen LogP contribution in [0.2, 0.25) is 0 Å². The maximum Gasteiger partial charge on any atom is 0.230 e. The van der Waals surface area contributed by atoms with Crippen LogP contribution < -0.4 is 14.8 Å². The molecule has 0 aliphatic carbocycles. The molecule has 0 radical (unpaired) electrons. The van der Waals surface area contributed by atoms with Crippen LogP contribution in [0.1, 0.15) is 11.1 Å². The average Bonchev–Trinajstić information content (AvgIpc) is 2.99. The Morgan fingerprint density at radius 2 is 2.04 bits per heavy atom. The number of hydrogen-bond donors (Lipinski definition) is 1. The van der Waals surface area contributed by atoms with E-state index in [0.717, 1.165) is 21.3 Å². The first kappa shape index (κ1) is 16.3. The number of rotatable bonds is 5. The van der Waals surface area contributed by atoms with Crippen molar-refractivity contribution in [2.75, 3.05) is 19.5 Å². The van der Waals surface area contributed by atoms with E-state index in [-0.39, 0.29) is 12.3 Å². The zero-order valence-corrected chi connectivity index (χ0v) is 14.6. The number of amides is 1. The molecule has 24 heavy (non-hydrogen) atoms. The standard InChI is InChI=1S/C18H18N2O3S/c1-11-5-4-6-15-17(11)20-18(24-15)19-16(21)9-12-7-8-13(22-2)10-14(12)23-3/h4-8,10H,9H2,1-3H3,(H,19,20,21). The van der Waals surface area contributed by atoms with Crippen LogP contribution in [0.4, 0.5) is 5.13 Å². The first-order chi connectivity index (χ1) is 11.6. The number of para-hydroxylation sites is 1. The van der Waals surface area contributed by atoms with Gasteiger partial charge in [-0.15, -0.1) is 0 Å². The van der Waals surface area contributed by atoms with E-state index in [9.17, 15) is 4.79 Å². The third kappa shape index (κ3) is 3.33. The fourth-order valence-corrected chi connectivity index (χ4v) is 3.43. The second kappa shape index (κ2) is 6.88. The summed E-state index contributed by atoms with van der Waals surface area (Å²) in [5, 5.41) is 3.48. The molecule has 6 heteroatoms. The molecule has 0 saturated carbocycles. The molecule has 5 nitrogen and oxygen atoms in total. The van der Waals surface area contributed by atoms with E-state index in [1.54, 1.807) is 20.3 Å². The Labute approximate surface area is 144 Å². The zero-order valence-electron chi connectivity index (χ0n) is 13.8. The van der Waals surface area contributed by atoms with Gasteiger partial charge in [0.1, 0.15) is 11.5 Å². The summed E-state index contributed by atoms with van der Waals surface area (Å²) in [4.78, 5) is 16.8. The van der Waals surface area contributed by atoms with E-state index in [0.29, 0.717) is 16.6 Å². The van der Waals surface area contributed by atoms with Crippen LogP contribution in [-0.2, 0) is 11.2 Å². The molecule has 124 valence electrons. The summed E-state index contributed by atoms with van der Waals surface area (Å²) in [6.07, 6.45) is 0.210. The normalized spacial score (nSPS) is 10.6. The maximum atomic E-state index is 12.3. The Morgan fingerprint density at radius 3 is 2.75 bits per heavy atom. The summed E-state index contributed by atoms with van der Waals surface area (Å²) in [5.74, 6) is 1.19. The number of anilines is 1. The van der Waals surface area contributed by atoms with Gasteiger partial charge in [-0.25, -0.2) is 4.98 Å². The van der Waals surface area contributed by atoms with Gasteiger partial charge in [0, 0.05) is 11.6 Å². The summed E-state index contributed by atoms with van der Waals surface area (Å²) < 4.78 is 11.6. The van der Waals surface area contributed by atoms with Gasteiger partial charge in [0.2, 0.25) is 5.91 Å². The Hall–Kier alpha value is -2.60. The molecular formula is C18H18N2O3S. The molecule has 0 atom stereocenters. The number of fused-ring (bicyclic) bond motifs is 1. The predicted molar refractivity (Wildman–Crippen MR) is 96.2 cm³/mol. The number of hydrogen-bond acceptors (Lipinski definition) is 5. The molecule has 0 saturated heterocycles. The first-order valence-electron chi connectivity index (χ1n) is 7.47. The highest BCUT2D eigenvalue weighted by Gasteiger charge is 2.13. The van der Waals surface area contributed by atoms with Crippen molar-refractivity contribution in [2.45, 2.75) is 13.3 Å². The van der Waals surface area contributed by atoms with E-state index >= 15 is 0 Å². The molecule has 2 aromatic carbocycles. The van der Waals surface area contributed by atoms with Crippen molar-refractivity contribution < 1.29 is 14.3 Å². The minimum Gasteiger partial charge on any atom is -0.497 e. The van der Waals surface area contributed by atoms with E-state index in [2.05, 4.69) is 10.3 Å². The summed E-state index contributed by atoms with van der Waals surface area (Å²) in [6, 6.07) is 11.4. The van der Waals surface area contributed by atoms with Gasteiger partial charge < -0.3 is 14.8 Å². The fourth-order valence-electron chi connectivity index (χ4n) is 2.47. The molecule has 1 amide bonds. The van der Waals surface area contributed by atoms with Crippen LogP contribution >= 0.6 is 11.3 Å². The number of ether oxygens (including phenoxy) is 2. The molecule has 0 fully saturated rings. The molecule has 0 spiro atoms. The lowest BCUT2D eigenvalue weighted by Crippen LogP contribution is -2.14. The largest absolute Gasteiger partial charge is 0.497 e. The van der Waals surface area contributed by atoms with Crippen LogP contribution in [0.5, 0.6) is 11.5 Å². The minimum atomic E-state index is -0.129. The number of methoxy groups -OCH3 is 2. The second-order valence-corrected chi connectivity index (χ2v) is 6.37. The van der Waals surface area contributed by atoms with Gasteiger partial charge in [0.15, 0.2) is 5.13 Å². The van der Waals surface area contributed by atoms with Crippen molar-refractivity contribution in [1.29, 1.82) is 0 Å². The Morgan fingerprint density at radius 1 is 1.21 bits per heavy atom. The zero-order chi connectivity index (χ0) is 17.1. The summed E-state index contributed by atoms with van der Waals surface area (Å²) in [6.45, 7) is 2.01. The van der Waals surface area contributed by atoms with Crippen molar-refractivity contribution in [3.8, 4) is 11.5 Å². The van der Waals surface area contributed by atoms with Crippen molar-refractivity contribution in [3.05, 3.63) is 47.5 Å². The van der Waals surface area contributed by atoms with Crippen molar-refractivity contribution in [1.82, 2.24) is 4.98 Å². The highest BCUT2D eigenvalue weighted by atomic mass is 32.1. The highest BCUT2D eigenvalue weighted by Crippen LogP contribution is 2.29. The third-order valence-electron chi connectivity index (χ3n) is 3.71. The van der Waals surface area contributed by atoms with Crippen LogP contribution in [0.3, 0.4) is 0 Å². The molecule has 1 heterocycles. The average molecular weight is 342 g/mol. The minimum absolute atomic E-state index is 0.129. The van der Waals surface area contributed by atoms with Crippen LogP contribution in [0.25, 0.3) is 10.2 Å². The number of carbonyl (C=O) groups excluding carboxylic acids is 1. The molecule has 3 rings (SSSR count). The number of aryl methyl sites for hydroxylation is 1.